The molecule has 0 bridgehead atoms. The van der Waals surface area contributed by atoms with E-state index in [9.17, 15) is 22.0 Å². The van der Waals surface area contributed by atoms with Crippen LogP contribution in [0.15, 0.2) is 47.4 Å². The van der Waals surface area contributed by atoms with Gasteiger partial charge in [-0.25, -0.2) is 17.2 Å². The first-order chi connectivity index (χ1) is 12.8. The summed E-state index contributed by atoms with van der Waals surface area (Å²) in [6.45, 7) is 2.07. The Labute approximate surface area is 157 Å². The van der Waals surface area contributed by atoms with Gasteiger partial charge in [-0.05, 0) is 61.7 Å². The largest absolute Gasteiger partial charge is 0.325 e. The number of nitrogens with zero attached hydrogens (tertiary/aromatic N) is 1. The van der Waals surface area contributed by atoms with Crippen molar-refractivity contribution < 1.29 is 22.0 Å². The molecule has 0 saturated carbocycles. The summed E-state index contributed by atoms with van der Waals surface area (Å²) in [6, 6.07) is 8.72. The van der Waals surface area contributed by atoms with E-state index in [-0.39, 0.29) is 17.3 Å². The van der Waals surface area contributed by atoms with E-state index < -0.39 is 27.6 Å². The third kappa shape index (κ3) is 4.33. The van der Waals surface area contributed by atoms with Crippen molar-refractivity contribution in [3.05, 3.63) is 59.7 Å². The lowest BCUT2D eigenvalue weighted by Crippen LogP contribution is -2.43. The summed E-state index contributed by atoms with van der Waals surface area (Å²) in [6.07, 6.45) is 1.07. The molecule has 3 rings (SSSR count). The fraction of sp³-hybridized carbons (Fsp3) is 0.316. The smallest absolute Gasteiger partial charge is 0.243 e. The number of carbonyl (C=O) groups excluding carboxylic acids is 1. The summed E-state index contributed by atoms with van der Waals surface area (Å²) in [5.74, 6) is -1.87. The zero-order valence-corrected chi connectivity index (χ0v) is 15.6. The van der Waals surface area contributed by atoms with Gasteiger partial charge < -0.3 is 5.32 Å². The molecule has 1 heterocycles. The van der Waals surface area contributed by atoms with Crippen LogP contribution in [-0.4, -0.2) is 31.7 Å². The number of halogens is 2. The number of rotatable bonds is 4. The van der Waals surface area contributed by atoms with Gasteiger partial charge in [0.2, 0.25) is 15.9 Å². The Hall–Kier alpha value is -2.32. The lowest BCUT2D eigenvalue weighted by Gasteiger charge is -2.31. The average Bonchev–Trinajstić information content (AvgIpc) is 2.65. The molecule has 2 aromatic carbocycles. The number of benzene rings is 2. The first-order valence-corrected chi connectivity index (χ1v) is 10.0. The number of amides is 1. The molecular weight excluding hydrogens is 374 g/mol. The summed E-state index contributed by atoms with van der Waals surface area (Å²) in [5.41, 5.74) is 1.09. The minimum absolute atomic E-state index is 0.00840. The minimum Gasteiger partial charge on any atom is -0.325 e. The second-order valence-electron chi connectivity index (χ2n) is 6.60. The van der Waals surface area contributed by atoms with Gasteiger partial charge in [-0.15, -0.1) is 0 Å². The van der Waals surface area contributed by atoms with Crippen LogP contribution in [0.3, 0.4) is 0 Å². The lowest BCUT2D eigenvalue weighted by molar-refractivity contribution is -0.120. The zero-order valence-electron chi connectivity index (χ0n) is 14.8. The highest BCUT2D eigenvalue weighted by Gasteiger charge is 2.33. The Morgan fingerprint density at radius 2 is 1.78 bits per heavy atom. The summed E-state index contributed by atoms with van der Waals surface area (Å²) in [7, 11) is -3.81. The number of piperidine rings is 1. The van der Waals surface area contributed by atoms with Gasteiger partial charge >= 0.3 is 0 Å². The maximum absolute atomic E-state index is 13.4. The third-order valence-electron chi connectivity index (χ3n) is 4.66. The quantitative estimate of drug-likeness (QED) is 0.865. The molecule has 1 aliphatic heterocycles. The van der Waals surface area contributed by atoms with Crippen LogP contribution in [0.25, 0.3) is 0 Å². The summed E-state index contributed by atoms with van der Waals surface area (Å²) in [5, 5.41) is 2.69. The van der Waals surface area contributed by atoms with Gasteiger partial charge in [-0.2, -0.15) is 4.31 Å². The van der Waals surface area contributed by atoms with Crippen molar-refractivity contribution in [3.8, 4) is 0 Å². The van der Waals surface area contributed by atoms with Crippen molar-refractivity contribution in [1.82, 2.24) is 4.31 Å². The van der Waals surface area contributed by atoms with Crippen LogP contribution < -0.4 is 5.32 Å². The van der Waals surface area contributed by atoms with Crippen LogP contribution in [0.4, 0.5) is 14.5 Å². The minimum atomic E-state index is -3.81. The summed E-state index contributed by atoms with van der Waals surface area (Å²) >= 11 is 0. The number of carbonyl (C=O) groups is 1. The fourth-order valence-electron chi connectivity index (χ4n) is 3.09. The van der Waals surface area contributed by atoms with Gasteiger partial charge in [-0.3, -0.25) is 4.79 Å². The number of hydrogen-bond donors (Lipinski definition) is 1. The van der Waals surface area contributed by atoms with E-state index in [0.717, 1.165) is 17.7 Å². The van der Waals surface area contributed by atoms with Crippen LogP contribution in [0.2, 0.25) is 0 Å². The molecule has 1 N–H and O–H groups in total. The standard InChI is InChI=1S/C19H20F2N2O3S/c1-13-4-5-16(21)11-18(13)22-19(24)14-3-2-10-23(12-14)27(25,26)17-8-6-15(20)7-9-17/h4-9,11,14H,2-3,10,12H2,1H3,(H,22,24). The molecule has 144 valence electrons. The SMILES string of the molecule is Cc1ccc(F)cc1NC(=O)C1CCCN(S(=O)(=O)c2ccc(F)cc2)C1. The molecule has 0 aliphatic carbocycles. The molecule has 1 saturated heterocycles. The second-order valence-corrected chi connectivity index (χ2v) is 8.54. The van der Waals surface area contributed by atoms with E-state index in [1.165, 1.54) is 28.6 Å². The van der Waals surface area contributed by atoms with Gasteiger partial charge in [-0.1, -0.05) is 6.07 Å². The van der Waals surface area contributed by atoms with Crippen LogP contribution >= 0.6 is 0 Å². The molecule has 5 nitrogen and oxygen atoms in total. The molecule has 1 aliphatic rings. The van der Waals surface area contributed by atoms with Crippen LogP contribution in [0, 0.1) is 24.5 Å². The molecule has 0 spiro atoms. The van der Waals surface area contributed by atoms with Crippen molar-refractivity contribution in [3.63, 3.8) is 0 Å². The van der Waals surface area contributed by atoms with Gasteiger partial charge in [0.25, 0.3) is 0 Å². The molecule has 1 fully saturated rings. The first kappa shape index (κ1) is 19.4. The van der Waals surface area contributed by atoms with Gasteiger partial charge in [0.1, 0.15) is 11.6 Å². The van der Waals surface area contributed by atoms with E-state index in [2.05, 4.69) is 5.32 Å². The van der Waals surface area contributed by atoms with Crippen LogP contribution in [0.1, 0.15) is 18.4 Å². The summed E-state index contributed by atoms with van der Waals surface area (Å²) in [4.78, 5) is 12.6. The molecule has 27 heavy (non-hydrogen) atoms. The Balaban J connectivity index is 1.74. The molecule has 1 amide bonds. The van der Waals surface area contributed by atoms with E-state index in [0.29, 0.717) is 25.1 Å². The molecular formula is C19H20F2N2O3S. The van der Waals surface area contributed by atoms with Crippen molar-refractivity contribution in [1.29, 1.82) is 0 Å². The highest BCUT2D eigenvalue weighted by Crippen LogP contribution is 2.25. The number of sulfonamides is 1. The lowest BCUT2D eigenvalue weighted by atomic mass is 9.98. The Kier molecular flexibility index (Phi) is 5.57. The molecule has 8 heteroatoms. The van der Waals surface area contributed by atoms with Crippen molar-refractivity contribution in [2.75, 3.05) is 18.4 Å². The molecule has 2 aromatic rings. The monoisotopic (exact) mass is 394 g/mol. The third-order valence-corrected chi connectivity index (χ3v) is 6.54. The Morgan fingerprint density at radius 1 is 1.11 bits per heavy atom. The Morgan fingerprint density at radius 3 is 2.48 bits per heavy atom. The molecule has 1 atom stereocenters. The predicted molar refractivity (Wildman–Crippen MR) is 97.6 cm³/mol. The normalized spacial score (nSPS) is 18.3. The highest BCUT2D eigenvalue weighted by molar-refractivity contribution is 7.89. The van der Waals surface area contributed by atoms with Crippen molar-refractivity contribution >= 4 is 21.6 Å². The van der Waals surface area contributed by atoms with Crippen LogP contribution in [-0.2, 0) is 14.8 Å². The number of aryl methyl sites for hydroxylation is 1. The van der Waals surface area contributed by atoms with E-state index in [1.807, 2.05) is 0 Å². The fourth-order valence-corrected chi connectivity index (χ4v) is 4.62. The van der Waals surface area contributed by atoms with Crippen LogP contribution in [0.5, 0.6) is 0 Å². The molecule has 1 unspecified atom stereocenters. The number of nitrogens with one attached hydrogen (secondary N) is 1. The molecule has 0 aromatic heterocycles. The predicted octanol–water partition coefficient (Wildman–Crippen LogP) is 3.31. The second kappa shape index (κ2) is 7.74. The average molecular weight is 394 g/mol. The Bertz CT molecular complexity index is 946. The highest BCUT2D eigenvalue weighted by atomic mass is 32.2. The number of anilines is 1. The summed E-state index contributed by atoms with van der Waals surface area (Å²) < 4.78 is 53.2. The topological polar surface area (TPSA) is 66.5 Å². The van der Waals surface area contributed by atoms with Gasteiger partial charge in [0, 0.05) is 18.8 Å². The zero-order chi connectivity index (χ0) is 19.6. The van der Waals surface area contributed by atoms with Gasteiger partial charge in [0.05, 0.1) is 10.8 Å². The van der Waals surface area contributed by atoms with Gasteiger partial charge in [0.15, 0.2) is 0 Å². The molecule has 0 radical (unpaired) electrons. The van der Waals surface area contributed by atoms with Crippen molar-refractivity contribution in [2.24, 2.45) is 5.92 Å². The first-order valence-electron chi connectivity index (χ1n) is 8.60. The maximum atomic E-state index is 13.4. The van der Waals surface area contributed by atoms with Crippen molar-refractivity contribution in [2.45, 2.75) is 24.7 Å². The van der Waals surface area contributed by atoms with E-state index in [4.69, 9.17) is 0 Å². The number of hydrogen-bond acceptors (Lipinski definition) is 3. The maximum Gasteiger partial charge on any atom is 0.243 e. The van der Waals surface area contributed by atoms with E-state index >= 15 is 0 Å². The van der Waals surface area contributed by atoms with E-state index in [1.54, 1.807) is 13.0 Å².